The van der Waals surface area contributed by atoms with E-state index in [9.17, 15) is 4.79 Å². The van der Waals surface area contributed by atoms with E-state index in [1.54, 1.807) is 0 Å². The fraction of sp³-hybridized carbons (Fsp3) is 0.148. The molecule has 0 saturated heterocycles. The Labute approximate surface area is 177 Å². The summed E-state index contributed by atoms with van der Waals surface area (Å²) >= 11 is 0. The Balaban J connectivity index is 1.45. The molecule has 2 N–H and O–H groups in total. The second-order valence-corrected chi connectivity index (χ2v) is 7.38. The third-order valence-corrected chi connectivity index (χ3v) is 5.31. The Bertz CT molecular complexity index is 1130. The molecule has 0 aliphatic carbocycles. The van der Waals surface area contributed by atoms with Crippen LogP contribution in [0.1, 0.15) is 28.4 Å². The third-order valence-electron chi connectivity index (χ3n) is 5.31. The summed E-state index contributed by atoms with van der Waals surface area (Å²) < 4.78 is 0. The predicted molar refractivity (Wildman–Crippen MR) is 124 cm³/mol. The summed E-state index contributed by atoms with van der Waals surface area (Å²) in [7, 11) is 0. The van der Waals surface area contributed by atoms with Crippen LogP contribution >= 0.6 is 0 Å². The first kappa shape index (κ1) is 19.9. The number of amides is 1. The molecule has 0 bridgehead atoms. The van der Waals surface area contributed by atoms with E-state index < -0.39 is 0 Å². The SMILES string of the molecule is CCNCc1ccc2c(CNC(=O)c3ccc(-c4ccccc4)cc3)cccc2c1. The molecule has 4 aromatic rings. The van der Waals surface area contributed by atoms with Crippen LogP contribution in [0.4, 0.5) is 0 Å². The zero-order valence-electron chi connectivity index (χ0n) is 17.2. The van der Waals surface area contributed by atoms with Gasteiger partial charge in [-0.25, -0.2) is 0 Å². The smallest absolute Gasteiger partial charge is 0.251 e. The first-order valence-corrected chi connectivity index (χ1v) is 10.4. The molecule has 0 heterocycles. The highest BCUT2D eigenvalue weighted by Gasteiger charge is 2.08. The molecule has 0 aliphatic rings. The van der Waals surface area contributed by atoms with Gasteiger partial charge in [0.1, 0.15) is 0 Å². The van der Waals surface area contributed by atoms with Gasteiger partial charge in [-0.3, -0.25) is 4.79 Å². The Morgan fingerprint density at radius 1 is 0.767 bits per heavy atom. The van der Waals surface area contributed by atoms with Gasteiger partial charge in [0.25, 0.3) is 5.91 Å². The summed E-state index contributed by atoms with van der Waals surface area (Å²) in [6, 6.07) is 30.7. The summed E-state index contributed by atoms with van der Waals surface area (Å²) in [6.07, 6.45) is 0. The van der Waals surface area contributed by atoms with E-state index in [4.69, 9.17) is 0 Å². The van der Waals surface area contributed by atoms with Crippen LogP contribution in [0.2, 0.25) is 0 Å². The lowest BCUT2D eigenvalue weighted by Gasteiger charge is -2.11. The molecular weight excluding hydrogens is 368 g/mol. The van der Waals surface area contributed by atoms with Crippen LogP contribution in [0.5, 0.6) is 0 Å². The van der Waals surface area contributed by atoms with Gasteiger partial charge < -0.3 is 10.6 Å². The highest BCUT2D eigenvalue weighted by atomic mass is 16.1. The second kappa shape index (κ2) is 9.38. The van der Waals surface area contributed by atoms with Crippen LogP contribution in [-0.4, -0.2) is 12.5 Å². The number of hydrogen-bond acceptors (Lipinski definition) is 2. The zero-order chi connectivity index (χ0) is 20.8. The molecule has 4 rings (SSSR count). The molecule has 0 aliphatic heterocycles. The first-order valence-electron chi connectivity index (χ1n) is 10.4. The van der Waals surface area contributed by atoms with Gasteiger partial charge in [0.2, 0.25) is 0 Å². The largest absolute Gasteiger partial charge is 0.348 e. The van der Waals surface area contributed by atoms with Crippen LogP contribution in [0.3, 0.4) is 0 Å². The van der Waals surface area contributed by atoms with E-state index in [0.717, 1.165) is 29.8 Å². The van der Waals surface area contributed by atoms with Crippen molar-refractivity contribution < 1.29 is 4.79 Å². The zero-order valence-corrected chi connectivity index (χ0v) is 17.2. The van der Waals surface area contributed by atoms with Gasteiger partial charge in [-0.1, -0.05) is 79.7 Å². The average Bonchev–Trinajstić information content (AvgIpc) is 2.81. The summed E-state index contributed by atoms with van der Waals surface area (Å²) in [5, 5.41) is 8.80. The van der Waals surface area contributed by atoms with E-state index in [1.165, 1.54) is 16.3 Å². The van der Waals surface area contributed by atoms with E-state index in [0.29, 0.717) is 12.1 Å². The quantitative estimate of drug-likeness (QED) is 0.432. The third kappa shape index (κ3) is 4.58. The lowest BCUT2D eigenvalue weighted by atomic mass is 10.0. The molecule has 0 aromatic heterocycles. The molecule has 0 unspecified atom stereocenters. The van der Waals surface area contributed by atoms with Gasteiger partial charge >= 0.3 is 0 Å². The van der Waals surface area contributed by atoms with Gasteiger partial charge in [0.05, 0.1) is 0 Å². The van der Waals surface area contributed by atoms with Crippen molar-refractivity contribution in [1.82, 2.24) is 10.6 Å². The lowest BCUT2D eigenvalue weighted by Crippen LogP contribution is -2.22. The van der Waals surface area contributed by atoms with Crippen LogP contribution in [-0.2, 0) is 13.1 Å². The highest BCUT2D eigenvalue weighted by molar-refractivity contribution is 5.95. The number of hydrogen-bond donors (Lipinski definition) is 2. The monoisotopic (exact) mass is 394 g/mol. The van der Waals surface area contributed by atoms with Gasteiger partial charge in [-0.05, 0) is 57.8 Å². The van der Waals surface area contributed by atoms with Crippen molar-refractivity contribution in [3.8, 4) is 11.1 Å². The minimum absolute atomic E-state index is 0.0598. The topological polar surface area (TPSA) is 41.1 Å². The molecule has 150 valence electrons. The van der Waals surface area contributed by atoms with Crippen molar-refractivity contribution >= 4 is 16.7 Å². The van der Waals surface area contributed by atoms with Gasteiger partial charge in [0.15, 0.2) is 0 Å². The molecule has 0 fully saturated rings. The minimum atomic E-state index is -0.0598. The fourth-order valence-electron chi connectivity index (χ4n) is 3.66. The van der Waals surface area contributed by atoms with Crippen LogP contribution in [0, 0.1) is 0 Å². The van der Waals surface area contributed by atoms with Crippen LogP contribution < -0.4 is 10.6 Å². The maximum Gasteiger partial charge on any atom is 0.251 e. The van der Waals surface area contributed by atoms with Gasteiger partial charge in [-0.15, -0.1) is 0 Å². The predicted octanol–water partition coefficient (Wildman–Crippen LogP) is 5.55. The van der Waals surface area contributed by atoms with Crippen molar-refractivity contribution in [2.24, 2.45) is 0 Å². The Morgan fingerprint density at radius 2 is 1.53 bits per heavy atom. The van der Waals surface area contributed by atoms with E-state index in [1.807, 2.05) is 42.5 Å². The molecule has 0 spiro atoms. The fourth-order valence-corrected chi connectivity index (χ4v) is 3.66. The Kier molecular flexibility index (Phi) is 6.21. The van der Waals surface area contributed by atoms with Crippen LogP contribution in [0.25, 0.3) is 21.9 Å². The Hall–Kier alpha value is -3.43. The summed E-state index contributed by atoms with van der Waals surface area (Å²) in [4.78, 5) is 12.7. The standard InChI is InChI=1S/C27H26N2O/c1-2-28-18-20-11-16-26-24(17-20)9-6-10-25(26)19-29-27(30)23-14-12-22(13-15-23)21-7-4-3-5-8-21/h3-17,28H,2,18-19H2,1H3,(H,29,30). The first-order chi connectivity index (χ1) is 14.7. The maximum absolute atomic E-state index is 12.7. The molecule has 0 atom stereocenters. The molecule has 4 aromatic carbocycles. The number of rotatable bonds is 7. The molecule has 30 heavy (non-hydrogen) atoms. The minimum Gasteiger partial charge on any atom is -0.348 e. The van der Waals surface area contributed by atoms with Gasteiger partial charge in [0, 0.05) is 18.7 Å². The molecule has 3 nitrogen and oxygen atoms in total. The average molecular weight is 395 g/mol. The molecular formula is C27H26N2O. The van der Waals surface area contributed by atoms with Crippen molar-refractivity contribution in [3.05, 3.63) is 108 Å². The van der Waals surface area contributed by atoms with Crippen molar-refractivity contribution in [2.75, 3.05) is 6.54 Å². The number of nitrogens with one attached hydrogen (secondary N) is 2. The molecule has 1 amide bonds. The van der Waals surface area contributed by atoms with Crippen molar-refractivity contribution in [2.45, 2.75) is 20.0 Å². The van der Waals surface area contributed by atoms with E-state index in [2.05, 4.69) is 66.1 Å². The lowest BCUT2D eigenvalue weighted by molar-refractivity contribution is 0.0951. The van der Waals surface area contributed by atoms with E-state index in [-0.39, 0.29) is 5.91 Å². The summed E-state index contributed by atoms with van der Waals surface area (Å²) in [5.74, 6) is -0.0598. The second-order valence-electron chi connectivity index (χ2n) is 7.38. The number of fused-ring (bicyclic) bond motifs is 1. The summed E-state index contributed by atoms with van der Waals surface area (Å²) in [6.45, 7) is 4.43. The number of carbonyl (C=O) groups is 1. The number of carbonyl (C=O) groups excluding carboxylic acids is 1. The summed E-state index contributed by atoms with van der Waals surface area (Å²) in [5.41, 5.74) is 5.31. The molecule has 0 radical (unpaired) electrons. The Morgan fingerprint density at radius 3 is 2.30 bits per heavy atom. The van der Waals surface area contributed by atoms with Crippen LogP contribution in [0.15, 0.2) is 91.0 Å². The maximum atomic E-state index is 12.7. The van der Waals surface area contributed by atoms with E-state index >= 15 is 0 Å². The normalized spacial score (nSPS) is 10.8. The van der Waals surface area contributed by atoms with Crippen molar-refractivity contribution in [1.29, 1.82) is 0 Å². The molecule has 3 heteroatoms. The molecule has 0 saturated carbocycles. The van der Waals surface area contributed by atoms with Gasteiger partial charge in [-0.2, -0.15) is 0 Å². The highest BCUT2D eigenvalue weighted by Crippen LogP contribution is 2.21. The van der Waals surface area contributed by atoms with Crippen molar-refractivity contribution in [3.63, 3.8) is 0 Å². The number of benzene rings is 4.